The van der Waals surface area contributed by atoms with Crippen LogP contribution in [0.3, 0.4) is 0 Å². The van der Waals surface area contributed by atoms with Gasteiger partial charge in [0.25, 0.3) is 0 Å². The highest BCUT2D eigenvalue weighted by atomic mass is 32.1. The largest absolute Gasteiger partial charge is 0.316 e. The first kappa shape index (κ1) is 11.0. The van der Waals surface area contributed by atoms with Crippen molar-refractivity contribution >= 4 is 11.3 Å². The lowest BCUT2D eigenvalue weighted by Crippen LogP contribution is -2.14. The number of H-pyrrole nitrogens is 1. The van der Waals surface area contributed by atoms with Gasteiger partial charge >= 0.3 is 0 Å². The van der Waals surface area contributed by atoms with Crippen LogP contribution in [0.25, 0.3) is 10.6 Å². The average Bonchev–Trinajstić information content (AvgIpc) is 2.86. The van der Waals surface area contributed by atoms with Gasteiger partial charge in [-0.05, 0) is 31.3 Å². The molecule has 4 heteroatoms. The molecule has 0 bridgehead atoms. The highest BCUT2D eigenvalue weighted by Gasteiger charge is 2.26. The highest BCUT2D eigenvalue weighted by molar-refractivity contribution is 7.13. The van der Waals surface area contributed by atoms with Crippen LogP contribution in [-0.4, -0.2) is 17.2 Å². The third-order valence-electron chi connectivity index (χ3n) is 3.52. The molecule has 0 radical (unpaired) electrons. The molecule has 1 saturated carbocycles. The smallest absolute Gasteiger partial charge is 0.107 e. The Morgan fingerprint density at radius 1 is 1.53 bits per heavy atom. The van der Waals surface area contributed by atoms with Gasteiger partial charge in [-0.15, -0.1) is 11.3 Å². The maximum Gasteiger partial charge on any atom is 0.107 e. The Kier molecular flexibility index (Phi) is 2.99. The molecule has 0 saturated heterocycles. The molecule has 2 N–H and O–H groups in total. The number of thiophene rings is 1. The molecule has 1 aliphatic rings. The quantitative estimate of drug-likeness (QED) is 0.871. The molecule has 90 valence electrons. The van der Waals surface area contributed by atoms with E-state index in [-0.39, 0.29) is 0 Å². The predicted octanol–water partition coefficient (Wildman–Crippen LogP) is 3.13. The molecule has 0 spiro atoms. The third-order valence-corrected chi connectivity index (χ3v) is 4.40. The lowest BCUT2D eigenvalue weighted by Gasteiger charge is -2.25. The van der Waals surface area contributed by atoms with Crippen molar-refractivity contribution in [2.45, 2.75) is 31.7 Å². The summed E-state index contributed by atoms with van der Waals surface area (Å²) in [5, 5.41) is 13.2. The minimum Gasteiger partial charge on any atom is -0.316 e. The molecule has 3 nitrogen and oxygen atoms in total. The summed E-state index contributed by atoms with van der Waals surface area (Å²) < 4.78 is 0. The number of hydrogen-bond acceptors (Lipinski definition) is 3. The van der Waals surface area contributed by atoms with Crippen LogP contribution in [0.1, 0.15) is 36.4 Å². The zero-order valence-corrected chi connectivity index (χ0v) is 10.8. The number of hydrogen-bond donors (Lipinski definition) is 2. The summed E-state index contributed by atoms with van der Waals surface area (Å²) in [5.74, 6) is 0.708. The molecule has 0 amide bonds. The van der Waals surface area contributed by atoms with Gasteiger partial charge in [-0.3, -0.25) is 5.10 Å². The van der Waals surface area contributed by atoms with Crippen LogP contribution >= 0.6 is 11.3 Å². The Morgan fingerprint density at radius 3 is 3.00 bits per heavy atom. The van der Waals surface area contributed by atoms with E-state index in [2.05, 4.69) is 33.0 Å². The van der Waals surface area contributed by atoms with Gasteiger partial charge in [0.05, 0.1) is 4.88 Å². The Morgan fingerprint density at radius 2 is 2.41 bits per heavy atom. The molecule has 0 aromatic carbocycles. The molecule has 1 aliphatic carbocycles. The van der Waals surface area contributed by atoms with E-state index in [1.807, 2.05) is 7.05 Å². The van der Waals surface area contributed by atoms with Crippen molar-refractivity contribution in [2.24, 2.45) is 0 Å². The summed E-state index contributed by atoms with van der Waals surface area (Å²) in [7, 11) is 2.00. The average molecular weight is 247 g/mol. The van der Waals surface area contributed by atoms with E-state index >= 15 is 0 Å². The maximum atomic E-state index is 4.53. The first-order chi connectivity index (χ1) is 8.40. The summed E-state index contributed by atoms with van der Waals surface area (Å²) in [6.45, 7) is 0.898. The van der Waals surface area contributed by atoms with E-state index in [1.165, 1.54) is 35.4 Å². The monoisotopic (exact) mass is 247 g/mol. The van der Waals surface area contributed by atoms with Crippen LogP contribution in [0.5, 0.6) is 0 Å². The summed E-state index contributed by atoms with van der Waals surface area (Å²) in [4.78, 5) is 1.26. The third kappa shape index (κ3) is 1.91. The highest BCUT2D eigenvalue weighted by Crippen LogP contribution is 2.39. The zero-order chi connectivity index (χ0) is 11.7. The standard InChI is InChI=1S/C13H17N3S/c1-14-8-10-12(9-4-2-5-9)15-16-13(10)11-6-3-7-17-11/h3,6-7,9,14H,2,4-5,8H2,1H3,(H,15,16). The van der Waals surface area contributed by atoms with Gasteiger partial charge in [0.1, 0.15) is 5.69 Å². The van der Waals surface area contributed by atoms with Crippen molar-refractivity contribution < 1.29 is 0 Å². The van der Waals surface area contributed by atoms with Crippen LogP contribution in [-0.2, 0) is 6.54 Å². The number of nitrogens with one attached hydrogen (secondary N) is 2. The van der Waals surface area contributed by atoms with E-state index in [9.17, 15) is 0 Å². The number of rotatable bonds is 4. The number of aromatic amines is 1. The van der Waals surface area contributed by atoms with Gasteiger partial charge in [0, 0.05) is 23.7 Å². The molecule has 0 unspecified atom stereocenters. The van der Waals surface area contributed by atoms with Crippen molar-refractivity contribution in [3.8, 4) is 10.6 Å². The molecule has 0 aliphatic heterocycles. The number of aromatic nitrogens is 2. The normalized spacial score (nSPS) is 16.1. The molecule has 3 rings (SSSR count). The molecular formula is C13H17N3S. The van der Waals surface area contributed by atoms with Gasteiger partial charge in [-0.1, -0.05) is 12.5 Å². The molecule has 1 fully saturated rings. The minimum absolute atomic E-state index is 0.708. The fraction of sp³-hybridized carbons (Fsp3) is 0.462. The van der Waals surface area contributed by atoms with Crippen LogP contribution < -0.4 is 5.32 Å². The zero-order valence-electron chi connectivity index (χ0n) is 9.99. The van der Waals surface area contributed by atoms with Crippen molar-refractivity contribution in [3.63, 3.8) is 0 Å². The van der Waals surface area contributed by atoms with Crippen molar-refractivity contribution in [2.75, 3.05) is 7.05 Å². The van der Waals surface area contributed by atoms with Crippen molar-refractivity contribution in [3.05, 3.63) is 28.8 Å². The topological polar surface area (TPSA) is 40.7 Å². The van der Waals surface area contributed by atoms with E-state index in [0.29, 0.717) is 5.92 Å². The summed E-state index contributed by atoms with van der Waals surface area (Å²) in [6.07, 6.45) is 3.97. The summed E-state index contributed by atoms with van der Waals surface area (Å²) >= 11 is 1.76. The first-order valence-corrected chi connectivity index (χ1v) is 7.03. The molecule has 0 atom stereocenters. The molecule has 2 aromatic rings. The van der Waals surface area contributed by atoms with Gasteiger partial charge in [0.15, 0.2) is 0 Å². The van der Waals surface area contributed by atoms with Crippen molar-refractivity contribution in [1.29, 1.82) is 0 Å². The summed E-state index contributed by atoms with van der Waals surface area (Å²) in [6, 6.07) is 4.23. The van der Waals surface area contributed by atoms with Crippen LogP contribution in [0.2, 0.25) is 0 Å². The fourth-order valence-electron chi connectivity index (χ4n) is 2.39. The lowest BCUT2D eigenvalue weighted by atomic mass is 9.81. The van der Waals surface area contributed by atoms with E-state index in [4.69, 9.17) is 0 Å². The second-order valence-corrected chi connectivity index (χ2v) is 5.55. The Bertz CT molecular complexity index is 483. The number of nitrogens with zero attached hydrogens (tertiary/aromatic N) is 1. The van der Waals surface area contributed by atoms with E-state index in [1.54, 1.807) is 11.3 Å². The fourth-order valence-corrected chi connectivity index (χ4v) is 3.13. The van der Waals surface area contributed by atoms with Gasteiger partial charge < -0.3 is 5.32 Å². The van der Waals surface area contributed by atoms with E-state index < -0.39 is 0 Å². The van der Waals surface area contributed by atoms with Crippen molar-refractivity contribution in [1.82, 2.24) is 15.5 Å². The maximum absolute atomic E-state index is 4.53. The Balaban J connectivity index is 2.00. The lowest BCUT2D eigenvalue weighted by molar-refractivity contribution is 0.407. The van der Waals surface area contributed by atoms with Crippen LogP contribution in [0.4, 0.5) is 0 Å². The Hall–Kier alpha value is -1.13. The molecular weight excluding hydrogens is 230 g/mol. The van der Waals surface area contributed by atoms with Gasteiger partial charge in [0.2, 0.25) is 0 Å². The molecule has 2 heterocycles. The van der Waals surface area contributed by atoms with E-state index in [0.717, 1.165) is 12.2 Å². The van der Waals surface area contributed by atoms with Crippen LogP contribution in [0.15, 0.2) is 17.5 Å². The van der Waals surface area contributed by atoms with Crippen LogP contribution in [0, 0.1) is 0 Å². The minimum atomic E-state index is 0.708. The Labute approximate surface area is 105 Å². The van der Waals surface area contributed by atoms with Gasteiger partial charge in [-0.25, -0.2) is 0 Å². The first-order valence-electron chi connectivity index (χ1n) is 6.15. The summed E-state index contributed by atoms with van der Waals surface area (Å²) in [5.41, 5.74) is 3.85. The predicted molar refractivity (Wildman–Crippen MR) is 71.3 cm³/mol. The van der Waals surface area contributed by atoms with Gasteiger partial charge in [-0.2, -0.15) is 5.10 Å². The molecule has 17 heavy (non-hydrogen) atoms. The SMILES string of the molecule is CNCc1c(-c2cccs2)n[nH]c1C1CCC1. The second-order valence-electron chi connectivity index (χ2n) is 4.60. The molecule has 2 aromatic heterocycles. The second kappa shape index (κ2) is 4.63.